The lowest BCUT2D eigenvalue weighted by Gasteiger charge is -2.15. The number of fused-ring (bicyclic) bond motifs is 1. The lowest BCUT2D eigenvalue weighted by molar-refractivity contribution is -0.127. The van der Waals surface area contributed by atoms with Gasteiger partial charge in [0.2, 0.25) is 0 Å². The number of amides is 1. The molecule has 0 aliphatic heterocycles. The Morgan fingerprint density at radius 3 is 2.84 bits per heavy atom. The zero-order chi connectivity index (χ0) is 17.6. The van der Waals surface area contributed by atoms with Crippen LogP contribution in [0.15, 0.2) is 48.5 Å². The van der Waals surface area contributed by atoms with E-state index >= 15 is 0 Å². The quantitative estimate of drug-likeness (QED) is 0.636. The second kappa shape index (κ2) is 7.98. The summed E-state index contributed by atoms with van der Waals surface area (Å²) < 4.78 is 6.82. The number of aromatic nitrogens is 1. The highest BCUT2D eigenvalue weighted by Crippen LogP contribution is 2.24. The Labute approximate surface area is 151 Å². The van der Waals surface area contributed by atoms with Gasteiger partial charge in [-0.25, -0.2) is 4.98 Å². The molecule has 2 aromatic carbocycles. The van der Waals surface area contributed by atoms with Gasteiger partial charge in [0.1, 0.15) is 5.75 Å². The monoisotopic (exact) mass is 355 g/mol. The molecule has 3 rings (SSSR count). The minimum absolute atomic E-state index is 0.132. The molecule has 1 unspecified atom stereocenters. The number of thiazole rings is 1. The zero-order valence-corrected chi connectivity index (χ0v) is 15.1. The molecule has 0 aliphatic carbocycles. The number of carbonyl (C=O) groups is 1. The maximum absolute atomic E-state index is 12.1. The number of nitrogens with zero attached hydrogens (tertiary/aromatic N) is 1. The summed E-state index contributed by atoms with van der Waals surface area (Å²) in [6.07, 6.45) is -0.538. The maximum atomic E-state index is 12.1. The number of anilines is 1. The van der Waals surface area contributed by atoms with Crippen LogP contribution < -0.4 is 15.4 Å². The van der Waals surface area contributed by atoms with Gasteiger partial charge in [0.05, 0.1) is 10.2 Å². The molecule has 130 valence electrons. The summed E-state index contributed by atoms with van der Waals surface area (Å²) in [5, 5.41) is 6.97. The zero-order valence-electron chi connectivity index (χ0n) is 14.3. The van der Waals surface area contributed by atoms with Crippen molar-refractivity contribution in [1.82, 2.24) is 10.3 Å². The highest BCUT2D eigenvalue weighted by atomic mass is 32.1. The fourth-order valence-electron chi connectivity index (χ4n) is 2.39. The fourth-order valence-corrected chi connectivity index (χ4v) is 3.28. The number of para-hydroxylation sites is 1. The van der Waals surface area contributed by atoms with Crippen molar-refractivity contribution < 1.29 is 9.53 Å². The summed E-state index contributed by atoms with van der Waals surface area (Å²) in [6, 6.07) is 15.7. The van der Waals surface area contributed by atoms with Crippen LogP contribution in [0.2, 0.25) is 0 Å². The molecule has 1 aromatic heterocycles. The number of ether oxygens (including phenoxy) is 1. The number of benzene rings is 2. The first kappa shape index (κ1) is 17.2. The van der Waals surface area contributed by atoms with Gasteiger partial charge in [-0.2, -0.15) is 0 Å². The first-order chi connectivity index (χ1) is 12.1. The number of hydrogen-bond donors (Lipinski definition) is 2. The van der Waals surface area contributed by atoms with Crippen molar-refractivity contribution >= 4 is 32.6 Å². The molecule has 25 heavy (non-hydrogen) atoms. The van der Waals surface area contributed by atoms with Crippen molar-refractivity contribution in [3.8, 4) is 5.75 Å². The summed E-state index contributed by atoms with van der Waals surface area (Å²) in [5.41, 5.74) is 2.09. The van der Waals surface area contributed by atoms with E-state index in [1.54, 1.807) is 18.3 Å². The number of hydrogen-bond acceptors (Lipinski definition) is 5. The molecule has 0 radical (unpaired) electrons. The van der Waals surface area contributed by atoms with Crippen LogP contribution in [0, 0.1) is 6.92 Å². The smallest absolute Gasteiger partial charge is 0.260 e. The summed E-state index contributed by atoms with van der Waals surface area (Å²) >= 11 is 1.61. The molecule has 1 heterocycles. The highest BCUT2D eigenvalue weighted by molar-refractivity contribution is 7.22. The molecule has 5 nitrogen and oxygen atoms in total. The largest absolute Gasteiger partial charge is 0.481 e. The first-order valence-electron chi connectivity index (χ1n) is 8.22. The predicted molar refractivity (Wildman–Crippen MR) is 102 cm³/mol. The Morgan fingerprint density at radius 1 is 1.20 bits per heavy atom. The summed E-state index contributed by atoms with van der Waals surface area (Å²) in [5.74, 6) is 0.572. The molecular weight excluding hydrogens is 334 g/mol. The molecule has 1 atom stereocenters. The molecular formula is C19H21N3O2S. The van der Waals surface area contributed by atoms with Crippen molar-refractivity contribution in [2.75, 3.05) is 18.4 Å². The van der Waals surface area contributed by atoms with Gasteiger partial charge in [-0.05, 0) is 43.7 Å². The molecule has 0 bridgehead atoms. The molecule has 0 spiro atoms. The molecule has 0 saturated heterocycles. The normalized spacial score (nSPS) is 11.9. The lowest BCUT2D eigenvalue weighted by atomic mass is 10.2. The Bertz CT molecular complexity index is 830. The maximum Gasteiger partial charge on any atom is 0.260 e. The van der Waals surface area contributed by atoms with Crippen molar-refractivity contribution in [2.45, 2.75) is 20.0 Å². The highest BCUT2D eigenvalue weighted by Gasteiger charge is 2.14. The minimum atomic E-state index is -0.538. The van der Waals surface area contributed by atoms with Crippen LogP contribution in [-0.2, 0) is 4.79 Å². The van der Waals surface area contributed by atoms with Gasteiger partial charge in [-0.3, -0.25) is 4.79 Å². The average Bonchev–Trinajstić information content (AvgIpc) is 3.01. The van der Waals surface area contributed by atoms with Crippen LogP contribution in [0.5, 0.6) is 5.75 Å². The second-order valence-corrected chi connectivity index (χ2v) is 6.81. The van der Waals surface area contributed by atoms with Crippen LogP contribution in [-0.4, -0.2) is 30.1 Å². The van der Waals surface area contributed by atoms with Crippen molar-refractivity contribution in [3.63, 3.8) is 0 Å². The fraction of sp³-hybridized carbons (Fsp3) is 0.263. The molecule has 0 fully saturated rings. The van der Waals surface area contributed by atoms with Crippen LogP contribution in [0.3, 0.4) is 0 Å². The van der Waals surface area contributed by atoms with Crippen LogP contribution in [0.25, 0.3) is 10.2 Å². The third kappa shape index (κ3) is 4.70. The van der Waals surface area contributed by atoms with Crippen molar-refractivity contribution in [3.05, 3.63) is 54.1 Å². The van der Waals surface area contributed by atoms with E-state index in [2.05, 4.69) is 15.6 Å². The summed E-state index contributed by atoms with van der Waals surface area (Å²) in [7, 11) is 0. The van der Waals surface area contributed by atoms with Crippen LogP contribution in [0.4, 0.5) is 5.13 Å². The minimum Gasteiger partial charge on any atom is -0.481 e. The summed E-state index contributed by atoms with van der Waals surface area (Å²) in [4.78, 5) is 16.6. The van der Waals surface area contributed by atoms with E-state index in [9.17, 15) is 4.79 Å². The van der Waals surface area contributed by atoms with E-state index in [0.29, 0.717) is 18.8 Å². The summed E-state index contributed by atoms with van der Waals surface area (Å²) in [6.45, 7) is 4.86. The Balaban J connectivity index is 1.42. The van der Waals surface area contributed by atoms with E-state index < -0.39 is 6.10 Å². The van der Waals surface area contributed by atoms with Gasteiger partial charge in [0.25, 0.3) is 5.91 Å². The third-order valence-electron chi connectivity index (χ3n) is 3.67. The molecule has 3 aromatic rings. The lowest BCUT2D eigenvalue weighted by Crippen LogP contribution is -2.38. The molecule has 0 aliphatic rings. The van der Waals surface area contributed by atoms with Gasteiger partial charge >= 0.3 is 0 Å². The molecule has 2 N–H and O–H groups in total. The van der Waals surface area contributed by atoms with Gasteiger partial charge in [-0.15, -0.1) is 0 Å². The topological polar surface area (TPSA) is 63.2 Å². The molecule has 1 amide bonds. The average molecular weight is 355 g/mol. The van der Waals surface area contributed by atoms with Crippen molar-refractivity contribution in [1.29, 1.82) is 0 Å². The van der Waals surface area contributed by atoms with Gasteiger partial charge in [-0.1, -0.05) is 35.6 Å². The van der Waals surface area contributed by atoms with Gasteiger partial charge in [0, 0.05) is 13.1 Å². The van der Waals surface area contributed by atoms with E-state index in [0.717, 1.165) is 20.9 Å². The Morgan fingerprint density at radius 2 is 2.04 bits per heavy atom. The predicted octanol–water partition coefficient (Wildman–Crippen LogP) is 3.60. The molecule has 6 heteroatoms. The SMILES string of the molecule is Cc1cccc(OC(C)C(=O)NCCNc2nc3ccccc3s2)c1. The van der Waals surface area contributed by atoms with E-state index in [1.807, 2.05) is 55.5 Å². The standard InChI is InChI=1S/C19H21N3O2S/c1-13-6-5-7-15(12-13)24-14(2)18(23)20-10-11-21-19-22-16-8-3-4-9-17(16)25-19/h3-9,12,14H,10-11H2,1-2H3,(H,20,23)(H,21,22). The second-order valence-electron chi connectivity index (χ2n) is 5.78. The number of aryl methyl sites for hydroxylation is 1. The number of nitrogens with one attached hydrogen (secondary N) is 2. The first-order valence-corrected chi connectivity index (χ1v) is 9.04. The van der Waals surface area contributed by atoms with E-state index in [1.165, 1.54) is 0 Å². The van der Waals surface area contributed by atoms with Crippen LogP contribution >= 0.6 is 11.3 Å². The van der Waals surface area contributed by atoms with E-state index in [-0.39, 0.29) is 5.91 Å². The van der Waals surface area contributed by atoms with Gasteiger partial charge in [0.15, 0.2) is 11.2 Å². The molecule has 0 saturated carbocycles. The van der Waals surface area contributed by atoms with Crippen LogP contribution in [0.1, 0.15) is 12.5 Å². The number of carbonyl (C=O) groups excluding carboxylic acids is 1. The van der Waals surface area contributed by atoms with E-state index in [4.69, 9.17) is 4.74 Å². The van der Waals surface area contributed by atoms with Crippen molar-refractivity contribution in [2.24, 2.45) is 0 Å². The Kier molecular flexibility index (Phi) is 5.50. The third-order valence-corrected chi connectivity index (χ3v) is 4.66. The van der Waals surface area contributed by atoms with Gasteiger partial charge < -0.3 is 15.4 Å². The number of rotatable bonds is 7. The Hall–Kier alpha value is -2.60.